The van der Waals surface area contributed by atoms with Gasteiger partial charge in [0.1, 0.15) is 5.75 Å². The van der Waals surface area contributed by atoms with E-state index in [1.165, 1.54) is 0 Å². The molecule has 0 aliphatic rings. The molecule has 0 saturated heterocycles. The lowest BCUT2D eigenvalue weighted by atomic mass is 10.2. The average molecular weight is 322 g/mol. The molecule has 0 bridgehead atoms. The summed E-state index contributed by atoms with van der Waals surface area (Å²) in [6.07, 6.45) is 2.64. The summed E-state index contributed by atoms with van der Waals surface area (Å²) in [7, 11) is 0. The third-order valence-electron chi connectivity index (χ3n) is 2.54. The van der Waals surface area contributed by atoms with E-state index in [4.69, 9.17) is 9.47 Å². The van der Waals surface area contributed by atoms with Crippen molar-refractivity contribution in [1.29, 1.82) is 0 Å². The molecule has 1 aromatic heterocycles. The van der Waals surface area contributed by atoms with Crippen LogP contribution >= 0.6 is 15.9 Å². The van der Waals surface area contributed by atoms with Crippen molar-refractivity contribution in [2.45, 2.75) is 20.3 Å². The third-order valence-corrected chi connectivity index (χ3v) is 3.43. The second-order valence-electron chi connectivity index (χ2n) is 4.17. The van der Waals surface area contributed by atoms with E-state index in [2.05, 4.69) is 27.8 Å². The molecule has 4 heteroatoms. The molecule has 0 saturated carbocycles. The van der Waals surface area contributed by atoms with E-state index in [1.807, 2.05) is 37.3 Å². The SMILES string of the molecule is CCCOc1cccnc1Oc1ccc(Br)c(C)c1. The molecule has 1 aromatic carbocycles. The molecule has 0 radical (unpaired) electrons. The molecule has 0 atom stereocenters. The van der Waals surface area contributed by atoms with Crippen molar-refractivity contribution in [3.05, 3.63) is 46.6 Å². The van der Waals surface area contributed by atoms with Crippen molar-refractivity contribution >= 4 is 15.9 Å². The molecule has 100 valence electrons. The van der Waals surface area contributed by atoms with Crippen molar-refractivity contribution in [1.82, 2.24) is 4.98 Å². The fraction of sp³-hybridized carbons (Fsp3) is 0.267. The molecule has 3 nitrogen and oxygen atoms in total. The van der Waals surface area contributed by atoms with E-state index in [0.29, 0.717) is 18.2 Å². The minimum Gasteiger partial charge on any atom is -0.488 e. The minimum atomic E-state index is 0.498. The fourth-order valence-electron chi connectivity index (χ4n) is 1.57. The van der Waals surface area contributed by atoms with Gasteiger partial charge in [0.05, 0.1) is 6.61 Å². The van der Waals surface area contributed by atoms with E-state index >= 15 is 0 Å². The van der Waals surface area contributed by atoms with Gasteiger partial charge in [-0.2, -0.15) is 0 Å². The third kappa shape index (κ3) is 3.70. The second-order valence-corrected chi connectivity index (χ2v) is 5.02. The Morgan fingerprint density at radius 3 is 2.84 bits per heavy atom. The Morgan fingerprint density at radius 2 is 2.11 bits per heavy atom. The van der Waals surface area contributed by atoms with Crippen LogP contribution in [0.15, 0.2) is 41.0 Å². The molecular formula is C15H16BrNO2. The van der Waals surface area contributed by atoms with Crippen molar-refractivity contribution in [3.63, 3.8) is 0 Å². The highest BCUT2D eigenvalue weighted by Gasteiger charge is 2.07. The van der Waals surface area contributed by atoms with Gasteiger partial charge in [-0.15, -0.1) is 0 Å². The minimum absolute atomic E-state index is 0.498. The van der Waals surface area contributed by atoms with E-state index < -0.39 is 0 Å². The maximum absolute atomic E-state index is 5.79. The van der Waals surface area contributed by atoms with Crippen LogP contribution in [-0.4, -0.2) is 11.6 Å². The van der Waals surface area contributed by atoms with Crippen molar-refractivity contribution < 1.29 is 9.47 Å². The van der Waals surface area contributed by atoms with Crippen LogP contribution in [0.5, 0.6) is 17.4 Å². The first-order valence-corrected chi connectivity index (χ1v) is 7.02. The van der Waals surface area contributed by atoms with Gasteiger partial charge in [0, 0.05) is 10.7 Å². The largest absolute Gasteiger partial charge is 0.488 e. The van der Waals surface area contributed by atoms with Gasteiger partial charge >= 0.3 is 0 Å². The van der Waals surface area contributed by atoms with E-state index in [-0.39, 0.29) is 0 Å². The predicted molar refractivity (Wildman–Crippen MR) is 79.0 cm³/mol. The number of halogens is 1. The lowest BCUT2D eigenvalue weighted by Crippen LogP contribution is -1.98. The first-order chi connectivity index (χ1) is 9.20. The van der Waals surface area contributed by atoms with Gasteiger partial charge in [0.2, 0.25) is 0 Å². The van der Waals surface area contributed by atoms with Crippen LogP contribution in [-0.2, 0) is 0 Å². The summed E-state index contributed by atoms with van der Waals surface area (Å²) in [5, 5.41) is 0. The highest BCUT2D eigenvalue weighted by molar-refractivity contribution is 9.10. The molecule has 0 spiro atoms. The maximum atomic E-state index is 5.79. The molecule has 19 heavy (non-hydrogen) atoms. The van der Waals surface area contributed by atoms with E-state index in [0.717, 1.165) is 22.2 Å². The summed E-state index contributed by atoms with van der Waals surface area (Å²) < 4.78 is 12.5. The Morgan fingerprint density at radius 1 is 1.26 bits per heavy atom. The highest BCUT2D eigenvalue weighted by Crippen LogP contribution is 2.30. The van der Waals surface area contributed by atoms with Crippen LogP contribution in [0.2, 0.25) is 0 Å². The summed E-state index contributed by atoms with van der Waals surface area (Å²) in [4.78, 5) is 4.22. The molecule has 0 aliphatic heterocycles. The smallest absolute Gasteiger partial charge is 0.262 e. The second kappa shape index (κ2) is 6.57. The van der Waals surface area contributed by atoms with Crippen LogP contribution in [0.25, 0.3) is 0 Å². The lowest BCUT2D eigenvalue weighted by molar-refractivity contribution is 0.298. The number of hydrogen-bond donors (Lipinski definition) is 0. The van der Waals surface area contributed by atoms with E-state index in [9.17, 15) is 0 Å². The van der Waals surface area contributed by atoms with Gasteiger partial charge < -0.3 is 9.47 Å². The topological polar surface area (TPSA) is 31.4 Å². The first kappa shape index (κ1) is 13.9. The fourth-order valence-corrected chi connectivity index (χ4v) is 1.81. The lowest BCUT2D eigenvalue weighted by Gasteiger charge is -2.11. The van der Waals surface area contributed by atoms with Gasteiger partial charge in [0.25, 0.3) is 5.88 Å². The number of pyridine rings is 1. The van der Waals surface area contributed by atoms with Crippen LogP contribution in [0.3, 0.4) is 0 Å². The van der Waals surface area contributed by atoms with Gasteiger partial charge in [-0.3, -0.25) is 0 Å². The number of aryl methyl sites for hydroxylation is 1. The van der Waals surface area contributed by atoms with Crippen molar-refractivity contribution in [2.75, 3.05) is 6.61 Å². The number of rotatable bonds is 5. The Labute approximate surface area is 121 Å². The van der Waals surface area contributed by atoms with Crippen LogP contribution in [0.1, 0.15) is 18.9 Å². The van der Waals surface area contributed by atoms with Crippen molar-refractivity contribution in [2.24, 2.45) is 0 Å². The number of aromatic nitrogens is 1. The molecular weight excluding hydrogens is 306 g/mol. The van der Waals surface area contributed by atoms with E-state index in [1.54, 1.807) is 6.20 Å². The molecule has 0 amide bonds. The summed E-state index contributed by atoms with van der Waals surface area (Å²) >= 11 is 3.47. The number of nitrogens with zero attached hydrogens (tertiary/aromatic N) is 1. The molecule has 2 rings (SSSR count). The molecule has 0 unspecified atom stereocenters. The van der Waals surface area contributed by atoms with Gasteiger partial charge in [-0.1, -0.05) is 22.9 Å². The summed E-state index contributed by atoms with van der Waals surface area (Å²) in [5.41, 5.74) is 1.12. The Hall–Kier alpha value is -1.55. The van der Waals surface area contributed by atoms with Gasteiger partial charge in [-0.25, -0.2) is 4.98 Å². The van der Waals surface area contributed by atoms with Crippen molar-refractivity contribution in [3.8, 4) is 17.4 Å². The summed E-state index contributed by atoms with van der Waals surface area (Å²) in [6, 6.07) is 9.52. The zero-order chi connectivity index (χ0) is 13.7. The predicted octanol–water partition coefficient (Wildman–Crippen LogP) is 4.73. The quantitative estimate of drug-likeness (QED) is 0.797. The zero-order valence-electron chi connectivity index (χ0n) is 11.0. The highest BCUT2D eigenvalue weighted by atomic mass is 79.9. The van der Waals surface area contributed by atoms with Gasteiger partial charge in [0.15, 0.2) is 5.75 Å². The molecule has 2 aromatic rings. The molecule has 0 fully saturated rings. The number of hydrogen-bond acceptors (Lipinski definition) is 3. The zero-order valence-corrected chi connectivity index (χ0v) is 12.6. The Bertz CT molecular complexity index is 558. The summed E-state index contributed by atoms with van der Waals surface area (Å²) in [5.74, 6) is 1.92. The summed E-state index contributed by atoms with van der Waals surface area (Å²) in [6.45, 7) is 4.74. The number of benzene rings is 1. The monoisotopic (exact) mass is 321 g/mol. The molecule has 0 aliphatic carbocycles. The Kier molecular flexibility index (Phi) is 4.80. The standard InChI is InChI=1S/C15H16BrNO2/c1-3-9-18-14-5-4-8-17-15(14)19-12-6-7-13(16)11(2)10-12/h4-8,10H,3,9H2,1-2H3. The molecule has 0 N–H and O–H groups in total. The Balaban J connectivity index is 2.20. The van der Waals surface area contributed by atoms with Gasteiger partial charge in [-0.05, 0) is 49.2 Å². The normalized spacial score (nSPS) is 10.3. The van der Waals surface area contributed by atoms with Crippen LogP contribution < -0.4 is 9.47 Å². The molecule has 1 heterocycles. The first-order valence-electron chi connectivity index (χ1n) is 6.22. The number of ether oxygens (including phenoxy) is 2. The van der Waals surface area contributed by atoms with Crippen LogP contribution in [0, 0.1) is 6.92 Å². The average Bonchev–Trinajstić information content (AvgIpc) is 2.42. The maximum Gasteiger partial charge on any atom is 0.262 e. The van der Waals surface area contributed by atoms with Crippen LogP contribution in [0.4, 0.5) is 0 Å².